The summed E-state index contributed by atoms with van der Waals surface area (Å²) in [6.07, 6.45) is 1.26. The molecule has 0 aliphatic heterocycles. The van der Waals surface area contributed by atoms with Crippen molar-refractivity contribution in [1.82, 2.24) is 9.13 Å². The Morgan fingerprint density at radius 2 is 1.23 bits per heavy atom. The third-order valence-corrected chi connectivity index (χ3v) is 8.06. The molecule has 4 nitrogen and oxygen atoms in total. The minimum atomic E-state index is 0.496. The van der Waals surface area contributed by atoms with Gasteiger partial charge in [0.1, 0.15) is 6.07 Å². The molecule has 0 saturated carbocycles. The van der Waals surface area contributed by atoms with E-state index in [4.69, 9.17) is 5.41 Å². The van der Waals surface area contributed by atoms with Crippen molar-refractivity contribution in [3.05, 3.63) is 132 Å². The Morgan fingerprint density at radius 1 is 0.575 bits per heavy atom. The van der Waals surface area contributed by atoms with Gasteiger partial charge in [-0.25, -0.2) is 0 Å². The highest BCUT2D eigenvalue weighted by Crippen LogP contribution is 2.40. The average Bonchev–Trinajstić information content (AvgIpc) is 3.53. The van der Waals surface area contributed by atoms with Gasteiger partial charge >= 0.3 is 0 Å². The molecule has 4 heteroatoms. The molecule has 186 valence electrons. The van der Waals surface area contributed by atoms with Crippen LogP contribution in [-0.2, 0) is 0 Å². The fourth-order valence-electron chi connectivity index (χ4n) is 6.36. The van der Waals surface area contributed by atoms with E-state index in [0.29, 0.717) is 11.1 Å². The summed E-state index contributed by atoms with van der Waals surface area (Å²) in [4.78, 5) is 0. The first kappa shape index (κ1) is 22.3. The summed E-state index contributed by atoms with van der Waals surface area (Å²) in [7, 11) is 0. The van der Waals surface area contributed by atoms with Crippen molar-refractivity contribution in [3.8, 4) is 17.4 Å². The number of nitrogens with one attached hydrogen (secondary N) is 1. The van der Waals surface area contributed by atoms with E-state index in [-0.39, 0.29) is 0 Å². The Balaban J connectivity index is 1.54. The van der Waals surface area contributed by atoms with Crippen molar-refractivity contribution < 1.29 is 0 Å². The quantitative estimate of drug-likeness (QED) is 0.237. The van der Waals surface area contributed by atoms with Crippen molar-refractivity contribution in [2.24, 2.45) is 0 Å². The molecular formula is C36H22N4. The Labute approximate surface area is 230 Å². The Kier molecular flexibility index (Phi) is 4.70. The van der Waals surface area contributed by atoms with Gasteiger partial charge in [0.25, 0.3) is 0 Å². The van der Waals surface area contributed by atoms with E-state index in [1.807, 2.05) is 18.2 Å². The molecule has 6 aromatic carbocycles. The SMILES string of the molecule is N#Cc1c(C=N)cccc1-n1c2ccc(-n3c4ccccc4c4ccccc43)cc2c2c3ccccc3ccc21. The van der Waals surface area contributed by atoms with Crippen molar-refractivity contribution in [1.29, 1.82) is 10.7 Å². The van der Waals surface area contributed by atoms with Crippen LogP contribution in [-0.4, -0.2) is 15.3 Å². The van der Waals surface area contributed by atoms with Gasteiger partial charge in [-0.3, -0.25) is 0 Å². The maximum Gasteiger partial charge on any atom is 0.102 e. The smallest absolute Gasteiger partial charge is 0.102 e. The lowest BCUT2D eigenvalue weighted by Crippen LogP contribution is -2.01. The normalized spacial score (nSPS) is 11.6. The molecule has 0 aliphatic carbocycles. The topological polar surface area (TPSA) is 57.5 Å². The molecule has 8 aromatic rings. The predicted octanol–water partition coefficient (Wildman–Crippen LogP) is 8.90. The predicted molar refractivity (Wildman–Crippen MR) is 165 cm³/mol. The van der Waals surface area contributed by atoms with Crippen LogP contribution in [0.4, 0.5) is 0 Å². The molecular weight excluding hydrogens is 488 g/mol. The lowest BCUT2D eigenvalue weighted by Gasteiger charge is -2.12. The molecule has 0 aliphatic rings. The van der Waals surface area contributed by atoms with E-state index in [1.54, 1.807) is 0 Å². The largest absolute Gasteiger partial charge is 0.309 e. The molecule has 40 heavy (non-hydrogen) atoms. The molecule has 0 saturated heterocycles. The van der Waals surface area contributed by atoms with Gasteiger partial charge in [0, 0.05) is 39.0 Å². The summed E-state index contributed by atoms with van der Waals surface area (Å²) in [5.74, 6) is 0. The van der Waals surface area contributed by atoms with Gasteiger partial charge in [0.05, 0.1) is 33.3 Å². The van der Waals surface area contributed by atoms with E-state index in [9.17, 15) is 5.26 Å². The van der Waals surface area contributed by atoms with Crippen LogP contribution in [0.15, 0.2) is 121 Å². The minimum absolute atomic E-state index is 0.496. The number of benzene rings is 6. The third kappa shape index (κ3) is 2.97. The van der Waals surface area contributed by atoms with E-state index >= 15 is 0 Å². The lowest BCUT2D eigenvalue weighted by atomic mass is 10.0. The molecule has 1 N–H and O–H groups in total. The van der Waals surface area contributed by atoms with Gasteiger partial charge in [-0.2, -0.15) is 5.26 Å². The standard InChI is InChI=1S/C36H22N4/c37-21-24-9-7-15-33(30(24)22-38)40-34-19-17-25(20-29(34)36-26-10-2-1-8-23(26)16-18-35(36)40)39-31-13-5-3-11-27(31)28-12-4-6-14-32(28)39/h1-21,37H. The maximum absolute atomic E-state index is 10.1. The summed E-state index contributed by atoms with van der Waals surface area (Å²) < 4.78 is 4.52. The fourth-order valence-corrected chi connectivity index (χ4v) is 6.36. The van der Waals surface area contributed by atoms with Crippen LogP contribution in [0.2, 0.25) is 0 Å². The van der Waals surface area contributed by atoms with E-state index in [1.165, 1.54) is 38.8 Å². The van der Waals surface area contributed by atoms with Gasteiger partial charge in [0.2, 0.25) is 0 Å². The molecule has 2 heterocycles. The number of nitrogens with zero attached hydrogens (tertiary/aromatic N) is 3. The van der Waals surface area contributed by atoms with Gasteiger partial charge in [-0.1, -0.05) is 78.9 Å². The first-order valence-electron chi connectivity index (χ1n) is 13.3. The molecule has 0 amide bonds. The van der Waals surface area contributed by atoms with Crippen LogP contribution in [0.1, 0.15) is 11.1 Å². The highest BCUT2D eigenvalue weighted by atomic mass is 15.0. The number of hydrogen-bond donors (Lipinski definition) is 1. The Hall–Kier alpha value is -5.66. The van der Waals surface area contributed by atoms with Crippen molar-refractivity contribution in [2.75, 3.05) is 0 Å². The number of hydrogen-bond acceptors (Lipinski definition) is 2. The zero-order valence-electron chi connectivity index (χ0n) is 21.5. The second kappa shape index (κ2) is 8.42. The van der Waals surface area contributed by atoms with Gasteiger partial charge in [-0.15, -0.1) is 0 Å². The number of rotatable bonds is 3. The zero-order valence-corrected chi connectivity index (χ0v) is 21.5. The van der Waals surface area contributed by atoms with Crippen LogP contribution in [0, 0.1) is 16.7 Å². The van der Waals surface area contributed by atoms with E-state index < -0.39 is 0 Å². The maximum atomic E-state index is 10.1. The molecule has 0 radical (unpaired) electrons. The second-order valence-corrected chi connectivity index (χ2v) is 10.1. The summed E-state index contributed by atoms with van der Waals surface area (Å²) in [6, 6.07) is 44.6. The van der Waals surface area contributed by atoms with Crippen LogP contribution in [0.3, 0.4) is 0 Å². The molecule has 8 rings (SSSR count). The summed E-state index contributed by atoms with van der Waals surface area (Å²) in [5.41, 5.74) is 7.37. The number of para-hydroxylation sites is 2. The van der Waals surface area contributed by atoms with Gasteiger partial charge in [0.15, 0.2) is 0 Å². The summed E-state index contributed by atoms with van der Waals surface area (Å²) in [5, 5.41) is 25.1. The molecule has 2 aromatic heterocycles. The third-order valence-electron chi connectivity index (χ3n) is 8.06. The minimum Gasteiger partial charge on any atom is -0.309 e. The Bertz CT molecular complexity index is 2310. The highest BCUT2D eigenvalue weighted by Gasteiger charge is 2.19. The summed E-state index contributed by atoms with van der Waals surface area (Å²) >= 11 is 0. The number of aromatic nitrogens is 2. The van der Waals surface area contributed by atoms with Crippen LogP contribution in [0.5, 0.6) is 0 Å². The molecule has 0 spiro atoms. The number of nitriles is 1. The van der Waals surface area contributed by atoms with Gasteiger partial charge < -0.3 is 14.5 Å². The first-order valence-corrected chi connectivity index (χ1v) is 13.3. The van der Waals surface area contributed by atoms with Crippen LogP contribution in [0.25, 0.3) is 65.8 Å². The molecule has 0 bridgehead atoms. The molecule has 0 unspecified atom stereocenters. The van der Waals surface area contributed by atoms with Crippen molar-refractivity contribution in [3.63, 3.8) is 0 Å². The van der Waals surface area contributed by atoms with Crippen molar-refractivity contribution >= 4 is 60.6 Å². The highest BCUT2D eigenvalue weighted by molar-refractivity contribution is 6.22. The molecule has 0 fully saturated rings. The zero-order chi connectivity index (χ0) is 26.8. The monoisotopic (exact) mass is 510 g/mol. The first-order chi connectivity index (χ1) is 19.8. The van der Waals surface area contributed by atoms with Crippen LogP contribution < -0.4 is 0 Å². The Morgan fingerprint density at radius 3 is 1.95 bits per heavy atom. The number of fused-ring (bicyclic) bond motifs is 8. The van der Waals surface area contributed by atoms with E-state index in [0.717, 1.165) is 33.2 Å². The average molecular weight is 511 g/mol. The van der Waals surface area contributed by atoms with Crippen molar-refractivity contribution in [2.45, 2.75) is 0 Å². The lowest BCUT2D eigenvalue weighted by molar-refractivity contribution is 1.16. The fraction of sp³-hybridized carbons (Fsp3) is 0. The van der Waals surface area contributed by atoms with E-state index in [2.05, 4.69) is 118 Å². The second-order valence-electron chi connectivity index (χ2n) is 10.1. The summed E-state index contributed by atoms with van der Waals surface area (Å²) in [6.45, 7) is 0. The molecule has 0 atom stereocenters. The van der Waals surface area contributed by atoms with Crippen LogP contribution >= 0.6 is 0 Å². The van der Waals surface area contributed by atoms with Gasteiger partial charge in [-0.05, 0) is 53.2 Å².